The van der Waals surface area contributed by atoms with E-state index in [4.69, 9.17) is 39.9 Å². The van der Waals surface area contributed by atoms with Gasteiger partial charge in [-0.15, -0.1) is 0 Å². The van der Waals surface area contributed by atoms with Crippen LogP contribution < -0.4 is 0 Å². The first kappa shape index (κ1) is 75.7. The van der Waals surface area contributed by atoms with Crippen LogP contribution in [0.5, 0.6) is 0 Å². The summed E-state index contributed by atoms with van der Waals surface area (Å²) in [6.07, 6.45) is 0. The molecule has 596 valence electrons. The van der Waals surface area contributed by atoms with Crippen LogP contribution in [0.3, 0.4) is 0 Å². The molecule has 0 aliphatic heterocycles. The van der Waals surface area contributed by atoms with Crippen molar-refractivity contribution in [3.8, 4) is 158 Å². The van der Waals surface area contributed by atoms with Gasteiger partial charge in [0.1, 0.15) is 0 Å². The molecule has 0 unspecified atom stereocenters. The lowest BCUT2D eigenvalue weighted by molar-refractivity contribution is 1.07. The van der Waals surface area contributed by atoms with Crippen LogP contribution >= 0.6 is 0 Å². The van der Waals surface area contributed by atoms with Gasteiger partial charge in [0, 0.05) is 88.0 Å². The van der Waals surface area contributed by atoms with Gasteiger partial charge in [0.05, 0.1) is 22.4 Å². The molecule has 0 amide bonds. The molecule has 0 atom stereocenters. The molecule has 8 nitrogen and oxygen atoms in total. The Morgan fingerprint density at radius 2 is 0.383 bits per heavy atom. The van der Waals surface area contributed by atoms with Crippen LogP contribution in [0.4, 0.5) is 0 Å². The summed E-state index contributed by atoms with van der Waals surface area (Å²) < 4.78 is 0. The highest BCUT2D eigenvalue weighted by Crippen LogP contribution is 2.46. The minimum Gasteiger partial charge on any atom is -0.246 e. The largest absolute Gasteiger partial charge is 0.246 e. The standard InChI is InChI=1S/C64H40N4.C56H36N4/c1-3-16-45(17-4-1)62-66-63(46-18-5-2-6-19-46)68-64(67-62)47-35-29-41(30-36-47)48-21-13-22-49(39-48)53-27-14-28-56-59-52-24-10-7-15-42(52)37-38-57(59)60(65-61(53)56)44-33-31-43(32-34-44)58-40-50-20-8-9-23-51(50)54-25-11-12-26-55(54)58;1-4-14-37(15-5-1)38-26-30-41(31-27-38)52-50-35-34-40-16-10-11-23-47(40)51(50)49-25-13-24-48(53(49)57-52)46-22-12-21-45(36-46)39-28-32-44(33-29-39)56-59-54(42-17-6-2-7-18-42)58-55(60-56)43-19-8-3-9-20-43/h1-40H;1-36H. The molecule has 20 aromatic carbocycles. The summed E-state index contributed by atoms with van der Waals surface area (Å²) in [5.41, 5.74) is 25.3. The van der Waals surface area contributed by atoms with E-state index in [-0.39, 0.29) is 0 Å². The maximum Gasteiger partial charge on any atom is 0.164 e. The summed E-state index contributed by atoms with van der Waals surface area (Å²) in [6, 6.07) is 163. The summed E-state index contributed by atoms with van der Waals surface area (Å²) in [7, 11) is 0. The van der Waals surface area contributed by atoms with Gasteiger partial charge >= 0.3 is 0 Å². The van der Waals surface area contributed by atoms with Crippen molar-refractivity contribution in [2.75, 3.05) is 0 Å². The average molecular weight is 1630 g/mol. The number of pyridine rings is 2. The Morgan fingerprint density at radius 1 is 0.117 bits per heavy atom. The van der Waals surface area contributed by atoms with Crippen LogP contribution in [0.25, 0.3) is 244 Å². The molecule has 0 saturated carbocycles. The lowest BCUT2D eigenvalue weighted by Gasteiger charge is -2.16. The van der Waals surface area contributed by atoms with Crippen molar-refractivity contribution in [1.82, 2.24) is 39.9 Å². The predicted octanol–water partition coefficient (Wildman–Crippen LogP) is 31.1. The second kappa shape index (κ2) is 32.9. The zero-order valence-corrected chi connectivity index (χ0v) is 69.5. The fraction of sp³-hybridized carbons (Fsp3) is 0. The van der Waals surface area contributed by atoms with E-state index in [9.17, 15) is 0 Å². The molecule has 0 bridgehead atoms. The molecule has 0 aliphatic carbocycles. The molecule has 4 heterocycles. The van der Waals surface area contributed by atoms with E-state index >= 15 is 0 Å². The number of fused-ring (bicyclic) bond motifs is 13. The van der Waals surface area contributed by atoms with Crippen molar-refractivity contribution in [3.63, 3.8) is 0 Å². The number of nitrogens with zero attached hydrogens (tertiary/aromatic N) is 8. The Bertz CT molecular complexity index is 8250. The minimum absolute atomic E-state index is 0.632. The molecule has 24 aromatic rings. The van der Waals surface area contributed by atoms with Crippen molar-refractivity contribution < 1.29 is 0 Å². The molecule has 24 rings (SSSR count). The summed E-state index contributed by atoms with van der Waals surface area (Å²) >= 11 is 0. The third-order valence-electron chi connectivity index (χ3n) is 24.6. The highest BCUT2D eigenvalue weighted by atomic mass is 15.0. The molecule has 0 fully saturated rings. The Kier molecular flexibility index (Phi) is 19.5. The first-order valence-electron chi connectivity index (χ1n) is 43.3. The van der Waals surface area contributed by atoms with Crippen molar-refractivity contribution in [1.29, 1.82) is 0 Å². The first-order valence-corrected chi connectivity index (χ1v) is 43.3. The Hall–Kier alpha value is -17.2. The molecular formula is C120H76N8. The van der Waals surface area contributed by atoms with E-state index in [0.717, 1.165) is 133 Å². The number of benzene rings is 20. The third kappa shape index (κ3) is 14.4. The molecule has 128 heavy (non-hydrogen) atoms. The quantitative estimate of drug-likeness (QED) is 0.0992. The fourth-order valence-electron chi connectivity index (χ4n) is 18.3. The van der Waals surface area contributed by atoms with Crippen molar-refractivity contribution in [2.45, 2.75) is 0 Å². The van der Waals surface area contributed by atoms with Gasteiger partial charge in [-0.2, -0.15) is 0 Å². The van der Waals surface area contributed by atoms with Gasteiger partial charge in [-0.1, -0.05) is 443 Å². The monoisotopic (exact) mass is 1630 g/mol. The Balaban J connectivity index is 0.000000148. The number of hydrogen-bond donors (Lipinski definition) is 0. The van der Waals surface area contributed by atoms with Crippen LogP contribution in [-0.4, -0.2) is 39.9 Å². The molecule has 0 spiro atoms. The zero-order valence-electron chi connectivity index (χ0n) is 69.5. The molecule has 0 N–H and O–H groups in total. The fourth-order valence-corrected chi connectivity index (χ4v) is 18.3. The maximum atomic E-state index is 5.64. The van der Waals surface area contributed by atoms with Gasteiger partial charge in [0.25, 0.3) is 0 Å². The molecule has 4 aromatic heterocycles. The number of rotatable bonds is 14. The lowest BCUT2D eigenvalue weighted by atomic mass is 9.91. The second-order valence-electron chi connectivity index (χ2n) is 32.3. The molecule has 8 heteroatoms. The first-order chi connectivity index (χ1) is 63.4. The van der Waals surface area contributed by atoms with Gasteiger partial charge in [-0.05, 0) is 117 Å². The Labute approximate surface area is 740 Å². The van der Waals surface area contributed by atoms with E-state index < -0.39 is 0 Å². The summed E-state index contributed by atoms with van der Waals surface area (Å²) in [6.45, 7) is 0. The number of para-hydroxylation sites is 2. The second-order valence-corrected chi connectivity index (χ2v) is 32.3. The zero-order chi connectivity index (χ0) is 84.8. The average Bonchev–Trinajstić information content (AvgIpc) is 0.734. The van der Waals surface area contributed by atoms with E-state index in [0.29, 0.717) is 34.9 Å². The van der Waals surface area contributed by atoms with Crippen LogP contribution in [0.15, 0.2) is 461 Å². The van der Waals surface area contributed by atoms with Gasteiger partial charge in [-0.25, -0.2) is 39.9 Å². The van der Waals surface area contributed by atoms with E-state index in [2.05, 4.69) is 340 Å². The molecule has 0 saturated heterocycles. The topological polar surface area (TPSA) is 103 Å². The van der Waals surface area contributed by atoms with Crippen LogP contribution in [0.1, 0.15) is 0 Å². The summed E-state index contributed by atoms with van der Waals surface area (Å²) in [5, 5.41) is 16.9. The van der Waals surface area contributed by atoms with Crippen molar-refractivity contribution in [2.24, 2.45) is 0 Å². The van der Waals surface area contributed by atoms with Gasteiger partial charge in [-0.3, -0.25) is 0 Å². The SMILES string of the molecule is c1ccc(-c2ccc(-c3nc4c(-c5cccc(-c6ccc(-c7nc(-c8ccccc8)nc(-c8ccccc8)n7)cc6)c5)cccc4c4c3ccc3ccccc34)cc2)cc1.c1ccc(-c2nc(-c3ccccc3)nc(-c3ccc(-c4cccc(-c5cccc6c5nc(-c5ccc(-c7cc8ccccc8c8ccccc78)cc5)c5ccc7ccccc7c56)c4)cc3)n2)cc1. The van der Waals surface area contributed by atoms with Gasteiger partial charge in [0.15, 0.2) is 34.9 Å². The van der Waals surface area contributed by atoms with E-state index in [1.165, 1.54) is 76.1 Å². The minimum atomic E-state index is 0.632. The van der Waals surface area contributed by atoms with Gasteiger partial charge in [0.2, 0.25) is 0 Å². The predicted molar refractivity (Wildman–Crippen MR) is 531 cm³/mol. The molecule has 0 aliphatic rings. The van der Waals surface area contributed by atoms with Crippen molar-refractivity contribution in [3.05, 3.63) is 461 Å². The van der Waals surface area contributed by atoms with E-state index in [1.54, 1.807) is 0 Å². The summed E-state index contributed by atoms with van der Waals surface area (Å²) in [5.74, 6) is 3.85. The van der Waals surface area contributed by atoms with Crippen molar-refractivity contribution >= 4 is 86.4 Å². The maximum absolute atomic E-state index is 5.64. The summed E-state index contributed by atoms with van der Waals surface area (Å²) in [4.78, 5) is 40.7. The highest BCUT2D eigenvalue weighted by Gasteiger charge is 2.23. The number of hydrogen-bond acceptors (Lipinski definition) is 8. The smallest absolute Gasteiger partial charge is 0.164 e. The van der Waals surface area contributed by atoms with Crippen LogP contribution in [0.2, 0.25) is 0 Å². The number of aromatic nitrogens is 8. The molecule has 0 radical (unpaired) electrons. The van der Waals surface area contributed by atoms with Crippen LogP contribution in [-0.2, 0) is 0 Å². The van der Waals surface area contributed by atoms with Gasteiger partial charge < -0.3 is 0 Å². The van der Waals surface area contributed by atoms with E-state index in [1.807, 2.05) is 121 Å². The highest BCUT2D eigenvalue weighted by molar-refractivity contribution is 6.26. The normalized spacial score (nSPS) is 11.4. The van der Waals surface area contributed by atoms with Crippen LogP contribution in [0, 0.1) is 0 Å². The Morgan fingerprint density at radius 3 is 0.781 bits per heavy atom. The molecular weight excluding hydrogens is 1550 g/mol. The lowest BCUT2D eigenvalue weighted by Crippen LogP contribution is -2.00. The third-order valence-corrected chi connectivity index (χ3v) is 24.6.